The standard InChI is InChI=1S/C24H27N7O3/c1-17-4-5-18(13-26-17)21-3-2-10-30-11-7-19(14-30)31(16-27-21)24(32)29-22-6-9-25-23(28-22)34-20-8-12-33-15-20/h2-6,9-10,13,16,19-20H,7-8,11-12,14-15H2,1H3,(H,25,28,29,32)/t19-,20-/m0/s1. The van der Waals surface area contributed by atoms with Crippen LogP contribution in [0.1, 0.15) is 24.1 Å². The van der Waals surface area contributed by atoms with E-state index in [-0.39, 0.29) is 24.2 Å². The maximum atomic E-state index is 13.3. The number of fused-ring (bicyclic) bond motifs is 2. The fraction of sp³-hybridized carbons (Fsp3) is 0.375. The van der Waals surface area contributed by atoms with Crippen LogP contribution in [0.15, 0.2) is 53.9 Å². The molecular weight excluding hydrogens is 434 g/mol. The summed E-state index contributed by atoms with van der Waals surface area (Å²) in [6, 6.07) is 5.45. The molecule has 0 spiro atoms. The molecule has 2 fully saturated rings. The van der Waals surface area contributed by atoms with Crippen LogP contribution in [0, 0.1) is 6.92 Å². The molecule has 0 radical (unpaired) electrons. The summed E-state index contributed by atoms with van der Waals surface area (Å²) in [6.07, 6.45) is 12.5. The predicted molar refractivity (Wildman–Crippen MR) is 127 cm³/mol. The number of pyridine rings is 1. The number of carbonyl (C=O) groups is 1. The van der Waals surface area contributed by atoms with Crippen LogP contribution in [-0.2, 0) is 4.74 Å². The first kappa shape index (κ1) is 22.0. The minimum absolute atomic E-state index is 0.0166. The first-order valence-electron chi connectivity index (χ1n) is 11.4. The number of anilines is 1. The van der Waals surface area contributed by atoms with Gasteiger partial charge in [0.15, 0.2) is 0 Å². The first-order chi connectivity index (χ1) is 16.6. The molecule has 10 nitrogen and oxygen atoms in total. The topological polar surface area (TPSA) is 105 Å². The number of nitrogens with zero attached hydrogens (tertiary/aromatic N) is 6. The average molecular weight is 462 g/mol. The van der Waals surface area contributed by atoms with Crippen molar-refractivity contribution in [2.75, 3.05) is 31.6 Å². The van der Waals surface area contributed by atoms with Crippen molar-refractivity contribution in [2.45, 2.75) is 31.9 Å². The van der Waals surface area contributed by atoms with Gasteiger partial charge in [0.1, 0.15) is 11.9 Å². The van der Waals surface area contributed by atoms with Crippen molar-refractivity contribution >= 4 is 23.9 Å². The van der Waals surface area contributed by atoms with Crippen LogP contribution < -0.4 is 10.1 Å². The molecule has 34 heavy (non-hydrogen) atoms. The molecule has 2 amide bonds. The van der Waals surface area contributed by atoms with Crippen LogP contribution in [0.4, 0.5) is 10.6 Å². The van der Waals surface area contributed by atoms with Gasteiger partial charge in [0.05, 0.1) is 31.3 Å². The van der Waals surface area contributed by atoms with Crippen LogP contribution in [0.2, 0.25) is 0 Å². The molecule has 2 saturated heterocycles. The number of rotatable bonds is 4. The van der Waals surface area contributed by atoms with Crippen LogP contribution in [-0.4, -0.2) is 75.6 Å². The number of aliphatic imine (C=N–C) groups is 1. The Hall–Kier alpha value is -3.79. The van der Waals surface area contributed by atoms with Gasteiger partial charge in [-0.25, -0.2) is 14.8 Å². The van der Waals surface area contributed by atoms with Crippen molar-refractivity contribution < 1.29 is 14.3 Å². The van der Waals surface area contributed by atoms with Gasteiger partial charge in [-0.15, -0.1) is 0 Å². The van der Waals surface area contributed by atoms with Gasteiger partial charge in [0, 0.05) is 43.2 Å². The number of ether oxygens (including phenoxy) is 2. The lowest BCUT2D eigenvalue weighted by molar-refractivity contribution is 0.134. The third-order valence-electron chi connectivity index (χ3n) is 5.93. The van der Waals surface area contributed by atoms with E-state index in [9.17, 15) is 4.79 Å². The molecule has 0 aliphatic carbocycles. The number of aryl methyl sites for hydroxylation is 1. The zero-order chi connectivity index (χ0) is 23.3. The fourth-order valence-corrected chi connectivity index (χ4v) is 4.05. The van der Waals surface area contributed by atoms with E-state index in [4.69, 9.17) is 9.47 Å². The van der Waals surface area contributed by atoms with E-state index in [2.05, 4.69) is 30.2 Å². The highest BCUT2D eigenvalue weighted by Crippen LogP contribution is 2.21. The Bertz CT molecular complexity index is 1110. The fourth-order valence-electron chi connectivity index (χ4n) is 4.05. The zero-order valence-corrected chi connectivity index (χ0v) is 19.0. The second kappa shape index (κ2) is 10.0. The molecule has 0 aromatic carbocycles. The summed E-state index contributed by atoms with van der Waals surface area (Å²) < 4.78 is 11.1. The van der Waals surface area contributed by atoms with Crippen LogP contribution >= 0.6 is 0 Å². The van der Waals surface area contributed by atoms with Crippen LogP contribution in [0.3, 0.4) is 0 Å². The Labute approximate surface area is 198 Å². The summed E-state index contributed by atoms with van der Waals surface area (Å²) in [7, 11) is 0. The molecular formula is C24H27N7O3. The number of carbonyl (C=O) groups excluding carboxylic acids is 1. The molecule has 1 N–H and O–H groups in total. The SMILES string of the molecule is Cc1ccc(C2=CC=CN3CC[C@@H](C3)N(C(=O)Nc3ccnc(O[C@H]4CCOC4)n3)C=N2)cn1. The number of aromatic nitrogens is 3. The second-order valence-electron chi connectivity index (χ2n) is 8.43. The average Bonchev–Trinajstić information content (AvgIpc) is 3.51. The number of hydrogen-bond acceptors (Lipinski definition) is 8. The third-order valence-corrected chi connectivity index (χ3v) is 5.93. The van der Waals surface area contributed by atoms with Gasteiger partial charge >= 0.3 is 12.0 Å². The van der Waals surface area contributed by atoms with E-state index >= 15 is 0 Å². The van der Waals surface area contributed by atoms with Crippen molar-refractivity contribution in [3.8, 4) is 6.01 Å². The molecule has 176 valence electrons. The number of amides is 2. The Morgan fingerprint density at radius 1 is 1.24 bits per heavy atom. The van der Waals surface area contributed by atoms with E-state index in [1.165, 1.54) is 0 Å². The second-order valence-corrected chi connectivity index (χ2v) is 8.43. The molecule has 3 aliphatic rings. The van der Waals surface area contributed by atoms with Crippen LogP contribution in [0.5, 0.6) is 6.01 Å². The highest BCUT2D eigenvalue weighted by Gasteiger charge is 2.29. The number of allylic oxidation sites excluding steroid dienone is 2. The third kappa shape index (κ3) is 5.23. The molecule has 2 aromatic rings. The summed E-state index contributed by atoms with van der Waals surface area (Å²) in [5, 5.41) is 2.87. The molecule has 10 heteroatoms. The van der Waals surface area contributed by atoms with Crippen molar-refractivity contribution in [3.63, 3.8) is 0 Å². The molecule has 2 aromatic heterocycles. The maximum Gasteiger partial charge on any atom is 0.328 e. The lowest BCUT2D eigenvalue weighted by atomic mass is 10.2. The zero-order valence-electron chi connectivity index (χ0n) is 19.0. The molecule has 0 unspecified atom stereocenters. The normalized spacial score (nSPS) is 22.0. The number of nitrogens with one attached hydrogen (secondary N) is 1. The van der Waals surface area contributed by atoms with E-state index in [1.54, 1.807) is 29.7 Å². The van der Waals surface area contributed by atoms with Crippen molar-refractivity contribution in [3.05, 3.63) is 60.2 Å². The minimum Gasteiger partial charge on any atom is -0.458 e. The van der Waals surface area contributed by atoms with E-state index in [0.29, 0.717) is 19.0 Å². The lowest BCUT2D eigenvalue weighted by Crippen LogP contribution is -2.43. The summed E-state index contributed by atoms with van der Waals surface area (Å²) >= 11 is 0. The molecule has 2 atom stereocenters. The number of urea groups is 1. The monoisotopic (exact) mass is 461 g/mol. The molecule has 5 heterocycles. The predicted octanol–water partition coefficient (Wildman–Crippen LogP) is 2.85. The van der Waals surface area contributed by atoms with Crippen molar-refractivity contribution in [1.29, 1.82) is 0 Å². The Morgan fingerprint density at radius 3 is 3.00 bits per heavy atom. The summed E-state index contributed by atoms with van der Waals surface area (Å²) in [5.74, 6) is 0.368. The molecule has 0 saturated carbocycles. The van der Waals surface area contributed by atoms with Crippen molar-refractivity contribution in [1.82, 2.24) is 24.8 Å². The van der Waals surface area contributed by atoms with Gasteiger partial charge in [0.2, 0.25) is 0 Å². The maximum absolute atomic E-state index is 13.3. The summed E-state index contributed by atoms with van der Waals surface area (Å²) in [6.45, 7) is 4.71. The first-order valence-corrected chi connectivity index (χ1v) is 11.4. The van der Waals surface area contributed by atoms with Gasteiger partial charge in [-0.3, -0.25) is 15.2 Å². The summed E-state index contributed by atoms with van der Waals surface area (Å²) in [5.41, 5.74) is 2.53. The molecule has 3 aliphatic heterocycles. The highest BCUT2D eigenvalue weighted by molar-refractivity contribution is 5.97. The summed E-state index contributed by atoms with van der Waals surface area (Å²) in [4.78, 5) is 34.7. The largest absolute Gasteiger partial charge is 0.458 e. The molecule has 5 rings (SSSR count). The van der Waals surface area contributed by atoms with Gasteiger partial charge in [-0.1, -0.05) is 0 Å². The van der Waals surface area contributed by atoms with Gasteiger partial charge in [-0.05, 0) is 49.9 Å². The van der Waals surface area contributed by atoms with Gasteiger partial charge in [0.25, 0.3) is 0 Å². The quantitative estimate of drug-likeness (QED) is 0.746. The Balaban J connectivity index is 1.35. The smallest absolute Gasteiger partial charge is 0.328 e. The Morgan fingerprint density at radius 2 is 2.18 bits per heavy atom. The van der Waals surface area contributed by atoms with E-state index < -0.39 is 0 Å². The number of hydrogen-bond donors (Lipinski definition) is 1. The van der Waals surface area contributed by atoms with Gasteiger partial charge < -0.3 is 14.4 Å². The highest BCUT2D eigenvalue weighted by atomic mass is 16.6. The molecule has 2 bridgehead atoms. The minimum atomic E-state index is -0.310. The van der Waals surface area contributed by atoms with E-state index in [0.717, 1.165) is 42.9 Å². The van der Waals surface area contributed by atoms with E-state index in [1.807, 2.05) is 37.4 Å². The van der Waals surface area contributed by atoms with Gasteiger partial charge in [-0.2, -0.15) is 4.98 Å². The Kier molecular flexibility index (Phi) is 6.48. The van der Waals surface area contributed by atoms with Crippen molar-refractivity contribution in [2.24, 2.45) is 4.99 Å². The van der Waals surface area contributed by atoms with Crippen LogP contribution in [0.25, 0.3) is 5.70 Å². The lowest BCUT2D eigenvalue weighted by Gasteiger charge is -2.25.